The average Bonchev–Trinajstić information content (AvgIpc) is 2.84. The van der Waals surface area contributed by atoms with Gasteiger partial charge in [0.05, 0.1) is 5.69 Å². The van der Waals surface area contributed by atoms with Crippen molar-refractivity contribution in [2.75, 3.05) is 5.32 Å². The Balaban J connectivity index is 1.75. The average molecular weight is 390 g/mol. The van der Waals surface area contributed by atoms with E-state index in [4.69, 9.17) is 4.42 Å². The zero-order valence-corrected chi connectivity index (χ0v) is 14.9. The lowest BCUT2D eigenvalue weighted by Crippen LogP contribution is -2.23. The molecule has 0 unspecified atom stereocenters. The first-order chi connectivity index (χ1) is 11.5. The smallest absolute Gasteiger partial charge is 0.264 e. The number of carbonyl (C=O) groups excluding carboxylic acids is 1. The lowest BCUT2D eigenvalue weighted by Gasteiger charge is -2.08. The fourth-order valence-electron chi connectivity index (χ4n) is 2.43. The van der Waals surface area contributed by atoms with Crippen LogP contribution in [-0.4, -0.2) is 15.5 Å². The number of para-hydroxylation sites is 1. The van der Waals surface area contributed by atoms with Gasteiger partial charge in [-0.1, -0.05) is 12.1 Å². The molecule has 24 heavy (non-hydrogen) atoms. The highest BCUT2D eigenvalue weighted by molar-refractivity contribution is 9.10. The first kappa shape index (κ1) is 16.4. The van der Waals surface area contributed by atoms with Crippen LogP contribution in [0, 0.1) is 13.8 Å². The third-order valence-corrected chi connectivity index (χ3v) is 4.58. The van der Waals surface area contributed by atoms with E-state index in [9.17, 15) is 9.59 Å². The maximum absolute atomic E-state index is 12.5. The van der Waals surface area contributed by atoms with Crippen molar-refractivity contribution in [2.45, 2.75) is 26.8 Å². The predicted octanol–water partition coefficient (Wildman–Crippen LogP) is 3.40. The number of furan rings is 1. The van der Waals surface area contributed by atoms with Crippen LogP contribution in [0.3, 0.4) is 0 Å². The summed E-state index contributed by atoms with van der Waals surface area (Å²) in [6.45, 7) is 3.88. The van der Waals surface area contributed by atoms with Gasteiger partial charge in [0, 0.05) is 23.0 Å². The van der Waals surface area contributed by atoms with Crippen molar-refractivity contribution < 1.29 is 9.21 Å². The standard InChI is InChI=1S/C17H16BrN3O3/c1-10-11(2)24-16-15(10)17(23)21(9-19-16)8-7-14(22)20-13-6-4-3-5-12(13)18/h3-6,9H,7-8H2,1-2H3,(H,20,22). The molecular weight excluding hydrogens is 374 g/mol. The van der Waals surface area contributed by atoms with Crippen molar-refractivity contribution in [1.82, 2.24) is 9.55 Å². The van der Waals surface area contributed by atoms with Gasteiger partial charge in [-0.3, -0.25) is 14.2 Å². The number of aromatic nitrogens is 2. The topological polar surface area (TPSA) is 77.1 Å². The van der Waals surface area contributed by atoms with Gasteiger partial charge in [0.1, 0.15) is 17.5 Å². The van der Waals surface area contributed by atoms with Crippen molar-refractivity contribution >= 4 is 38.6 Å². The summed E-state index contributed by atoms with van der Waals surface area (Å²) in [4.78, 5) is 28.8. The van der Waals surface area contributed by atoms with E-state index in [-0.39, 0.29) is 24.4 Å². The Kier molecular flexibility index (Phi) is 4.53. The largest absolute Gasteiger partial charge is 0.443 e. The first-order valence-electron chi connectivity index (χ1n) is 7.47. The third kappa shape index (κ3) is 3.12. The Hall–Kier alpha value is -2.41. The molecule has 0 fully saturated rings. The van der Waals surface area contributed by atoms with E-state index in [0.717, 1.165) is 10.0 Å². The highest BCUT2D eigenvalue weighted by Crippen LogP contribution is 2.21. The molecule has 2 heterocycles. The van der Waals surface area contributed by atoms with E-state index in [0.29, 0.717) is 22.5 Å². The van der Waals surface area contributed by atoms with Gasteiger partial charge in [-0.2, -0.15) is 0 Å². The number of carbonyl (C=O) groups is 1. The number of rotatable bonds is 4. The van der Waals surface area contributed by atoms with Crippen LogP contribution in [0.15, 0.2) is 44.3 Å². The quantitative estimate of drug-likeness (QED) is 0.741. The summed E-state index contributed by atoms with van der Waals surface area (Å²) >= 11 is 3.38. The monoisotopic (exact) mass is 389 g/mol. The van der Waals surface area contributed by atoms with E-state index >= 15 is 0 Å². The Morgan fingerprint density at radius 2 is 2.08 bits per heavy atom. The molecule has 0 radical (unpaired) electrons. The minimum atomic E-state index is -0.192. The van der Waals surface area contributed by atoms with E-state index in [1.807, 2.05) is 25.1 Å². The number of nitrogens with one attached hydrogen (secondary N) is 1. The van der Waals surface area contributed by atoms with Crippen molar-refractivity contribution in [3.8, 4) is 0 Å². The number of aryl methyl sites for hydroxylation is 3. The lowest BCUT2D eigenvalue weighted by atomic mass is 10.2. The van der Waals surface area contributed by atoms with Crippen molar-refractivity contribution in [1.29, 1.82) is 0 Å². The van der Waals surface area contributed by atoms with Gasteiger partial charge in [0.15, 0.2) is 0 Å². The second kappa shape index (κ2) is 6.60. The molecule has 3 rings (SSSR count). The molecule has 6 nitrogen and oxygen atoms in total. The molecule has 124 valence electrons. The summed E-state index contributed by atoms with van der Waals surface area (Å²) in [5.41, 5.74) is 1.63. The van der Waals surface area contributed by atoms with Gasteiger partial charge < -0.3 is 9.73 Å². The van der Waals surface area contributed by atoms with Gasteiger partial charge in [0.25, 0.3) is 5.56 Å². The minimum Gasteiger partial charge on any atom is -0.443 e. The number of hydrogen-bond donors (Lipinski definition) is 1. The summed E-state index contributed by atoms with van der Waals surface area (Å²) in [5.74, 6) is 0.507. The first-order valence-corrected chi connectivity index (χ1v) is 8.26. The molecule has 1 aromatic carbocycles. The molecule has 2 aromatic heterocycles. The zero-order valence-electron chi connectivity index (χ0n) is 13.3. The highest BCUT2D eigenvalue weighted by atomic mass is 79.9. The fraction of sp³-hybridized carbons (Fsp3) is 0.235. The maximum Gasteiger partial charge on any atom is 0.264 e. The van der Waals surface area contributed by atoms with Gasteiger partial charge in [-0.15, -0.1) is 0 Å². The molecule has 1 N–H and O–H groups in total. The van der Waals surface area contributed by atoms with Gasteiger partial charge >= 0.3 is 0 Å². The summed E-state index contributed by atoms with van der Waals surface area (Å²) < 4.78 is 7.69. The Bertz CT molecular complexity index is 975. The number of fused-ring (bicyclic) bond motifs is 1. The van der Waals surface area contributed by atoms with Crippen LogP contribution >= 0.6 is 15.9 Å². The Morgan fingerprint density at radius 3 is 2.83 bits per heavy atom. The van der Waals surface area contributed by atoms with Gasteiger partial charge in [-0.25, -0.2) is 4.98 Å². The molecule has 0 saturated heterocycles. The maximum atomic E-state index is 12.5. The number of nitrogens with zero attached hydrogens (tertiary/aromatic N) is 2. The Morgan fingerprint density at radius 1 is 1.33 bits per heavy atom. The van der Waals surface area contributed by atoms with Gasteiger partial charge in [-0.05, 0) is 41.9 Å². The Labute approximate surface area is 146 Å². The number of halogens is 1. The molecule has 0 atom stereocenters. The summed E-state index contributed by atoms with van der Waals surface area (Å²) in [7, 11) is 0. The zero-order chi connectivity index (χ0) is 17.3. The third-order valence-electron chi connectivity index (χ3n) is 3.88. The number of anilines is 1. The van der Waals surface area contributed by atoms with E-state index in [1.54, 1.807) is 13.0 Å². The molecule has 0 aliphatic carbocycles. The van der Waals surface area contributed by atoms with Crippen LogP contribution in [0.25, 0.3) is 11.1 Å². The normalized spacial score (nSPS) is 11.0. The summed E-state index contributed by atoms with van der Waals surface area (Å²) in [6, 6.07) is 7.36. The molecule has 3 aromatic rings. The number of hydrogen-bond acceptors (Lipinski definition) is 4. The van der Waals surface area contributed by atoms with Crippen molar-refractivity contribution in [2.24, 2.45) is 0 Å². The number of benzene rings is 1. The van der Waals surface area contributed by atoms with E-state index in [1.165, 1.54) is 10.9 Å². The molecule has 7 heteroatoms. The highest BCUT2D eigenvalue weighted by Gasteiger charge is 2.14. The second-order valence-electron chi connectivity index (χ2n) is 5.48. The molecule has 0 spiro atoms. The van der Waals surface area contributed by atoms with Crippen LogP contribution in [0.4, 0.5) is 5.69 Å². The molecule has 0 bridgehead atoms. The van der Waals surface area contributed by atoms with Crippen LogP contribution in [0.1, 0.15) is 17.7 Å². The summed E-state index contributed by atoms with van der Waals surface area (Å²) in [6.07, 6.45) is 1.59. The van der Waals surface area contributed by atoms with Crippen LogP contribution in [0.2, 0.25) is 0 Å². The second-order valence-corrected chi connectivity index (χ2v) is 6.34. The molecule has 0 aliphatic heterocycles. The van der Waals surface area contributed by atoms with Gasteiger partial charge in [0.2, 0.25) is 11.6 Å². The molecule has 0 saturated carbocycles. The molecule has 0 aliphatic rings. The van der Waals surface area contributed by atoms with Crippen LogP contribution in [-0.2, 0) is 11.3 Å². The minimum absolute atomic E-state index is 0.171. The fourth-order valence-corrected chi connectivity index (χ4v) is 2.81. The predicted molar refractivity (Wildman–Crippen MR) is 95.1 cm³/mol. The van der Waals surface area contributed by atoms with Crippen molar-refractivity contribution in [3.63, 3.8) is 0 Å². The van der Waals surface area contributed by atoms with Crippen LogP contribution in [0.5, 0.6) is 0 Å². The van der Waals surface area contributed by atoms with Crippen molar-refractivity contribution in [3.05, 3.63) is 56.7 Å². The summed E-state index contributed by atoms with van der Waals surface area (Å²) in [5, 5.41) is 3.29. The SMILES string of the molecule is Cc1oc2ncn(CCC(=O)Nc3ccccc3Br)c(=O)c2c1C. The molecule has 1 amide bonds. The van der Waals surface area contributed by atoms with E-state index in [2.05, 4.69) is 26.2 Å². The number of amides is 1. The molecular formula is C17H16BrN3O3. The lowest BCUT2D eigenvalue weighted by molar-refractivity contribution is -0.116. The van der Waals surface area contributed by atoms with E-state index < -0.39 is 0 Å². The van der Waals surface area contributed by atoms with Crippen LogP contribution < -0.4 is 10.9 Å².